The summed E-state index contributed by atoms with van der Waals surface area (Å²) in [7, 11) is 1.38. The Kier molecular flexibility index (Phi) is 7.88. The van der Waals surface area contributed by atoms with Crippen molar-refractivity contribution < 1.29 is 19.1 Å². The van der Waals surface area contributed by atoms with Crippen LogP contribution in [-0.2, 0) is 4.74 Å². The number of fused-ring (bicyclic) bond motifs is 1. The number of allylic oxidation sites excluding steroid dienone is 1. The highest BCUT2D eigenvalue weighted by Crippen LogP contribution is 2.44. The van der Waals surface area contributed by atoms with Crippen molar-refractivity contribution in [1.29, 1.82) is 0 Å². The molecule has 0 unspecified atom stereocenters. The lowest BCUT2D eigenvalue weighted by Crippen LogP contribution is -2.47. The summed E-state index contributed by atoms with van der Waals surface area (Å²) in [6.45, 7) is 9.26. The summed E-state index contributed by atoms with van der Waals surface area (Å²) in [6.07, 6.45) is 7.74. The molecule has 0 saturated carbocycles. The molecule has 2 aliphatic rings. The number of hydrogen-bond acceptors (Lipinski definition) is 8. The lowest BCUT2D eigenvalue weighted by Gasteiger charge is -2.39. The minimum atomic E-state index is -0.442. The minimum Gasteiger partial charge on any atom is -0.465 e. The molecule has 4 aromatic rings. The topological polar surface area (TPSA) is 87.8 Å². The van der Waals surface area contributed by atoms with Crippen molar-refractivity contribution in [3.05, 3.63) is 75.7 Å². The van der Waals surface area contributed by atoms with E-state index in [-0.39, 0.29) is 5.41 Å². The van der Waals surface area contributed by atoms with Crippen LogP contribution in [0.5, 0.6) is 11.5 Å². The van der Waals surface area contributed by atoms with Gasteiger partial charge in [0.25, 0.3) is 0 Å². The highest BCUT2D eigenvalue weighted by molar-refractivity contribution is 7.11. The van der Waals surface area contributed by atoms with E-state index in [2.05, 4.69) is 39.7 Å². The number of hydrogen-bond donors (Lipinski definition) is 1. The molecule has 218 valence electrons. The maximum absolute atomic E-state index is 12.5. The van der Waals surface area contributed by atoms with E-state index in [1.54, 1.807) is 23.6 Å². The van der Waals surface area contributed by atoms with Gasteiger partial charge in [0.15, 0.2) is 6.29 Å². The van der Waals surface area contributed by atoms with Gasteiger partial charge >= 0.3 is 5.97 Å². The summed E-state index contributed by atoms with van der Waals surface area (Å²) in [6, 6.07) is 11.6. The fourth-order valence-electron chi connectivity index (χ4n) is 5.95. The second kappa shape index (κ2) is 11.7. The van der Waals surface area contributed by atoms with Gasteiger partial charge in [-0.2, -0.15) is 0 Å². The quantitative estimate of drug-likeness (QED) is 0.180. The normalized spacial score (nSPS) is 17.5. The highest BCUT2D eigenvalue weighted by Gasteiger charge is 2.30. The monoisotopic (exact) mass is 584 g/mol. The van der Waals surface area contributed by atoms with Crippen LogP contribution in [-0.4, -0.2) is 67.0 Å². The Morgan fingerprint density at radius 3 is 2.74 bits per heavy atom. The van der Waals surface area contributed by atoms with Crippen molar-refractivity contribution >= 4 is 45.9 Å². The molecule has 1 aliphatic heterocycles. The van der Waals surface area contributed by atoms with E-state index in [4.69, 9.17) is 9.47 Å². The van der Waals surface area contributed by atoms with E-state index in [1.165, 1.54) is 29.6 Å². The second-order valence-corrected chi connectivity index (χ2v) is 12.8. The van der Waals surface area contributed by atoms with Gasteiger partial charge in [0.2, 0.25) is 0 Å². The molecule has 0 spiro atoms. The van der Waals surface area contributed by atoms with Crippen molar-refractivity contribution in [2.75, 3.05) is 44.7 Å². The molecule has 1 fully saturated rings. The average molecular weight is 585 g/mol. The van der Waals surface area contributed by atoms with Crippen LogP contribution in [0.3, 0.4) is 0 Å². The number of rotatable bonds is 8. The largest absolute Gasteiger partial charge is 0.465 e. The number of carbonyl (C=O) groups excluding carboxylic acids is 2. The molecule has 0 atom stereocenters. The molecular weight excluding hydrogens is 548 g/mol. The minimum absolute atomic E-state index is 0.266. The zero-order chi connectivity index (χ0) is 29.3. The van der Waals surface area contributed by atoms with Gasteiger partial charge in [-0.05, 0) is 60.6 Å². The van der Waals surface area contributed by atoms with Crippen LogP contribution < -0.4 is 9.64 Å². The number of aldehydes is 1. The molecule has 3 aromatic heterocycles. The number of carbonyl (C=O) groups is 2. The molecule has 0 radical (unpaired) electrons. The summed E-state index contributed by atoms with van der Waals surface area (Å²) >= 11 is 1.69. The zero-order valence-corrected chi connectivity index (χ0v) is 25.1. The molecule has 1 aromatic carbocycles. The van der Waals surface area contributed by atoms with E-state index < -0.39 is 5.97 Å². The van der Waals surface area contributed by atoms with Crippen LogP contribution in [0.4, 0.5) is 5.69 Å². The van der Waals surface area contributed by atoms with Crippen LogP contribution in [0.2, 0.25) is 0 Å². The molecule has 42 heavy (non-hydrogen) atoms. The Labute approximate surface area is 250 Å². The number of benzene rings is 1. The molecule has 1 saturated heterocycles. The number of nitrogens with zero attached hydrogens (tertiary/aromatic N) is 3. The van der Waals surface area contributed by atoms with Crippen LogP contribution in [0.15, 0.2) is 59.7 Å². The third kappa shape index (κ3) is 5.98. The number of nitrogens with one attached hydrogen (secondary N) is 1. The molecule has 8 nitrogen and oxygen atoms in total. The number of ether oxygens (including phenoxy) is 2. The van der Waals surface area contributed by atoms with E-state index >= 15 is 0 Å². The van der Waals surface area contributed by atoms with E-state index in [0.29, 0.717) is 17.1 Å². The number of piperazine rings is 1. The lowest BCUT2D eigenvalue weighted by molar-refractivity contribution is 0.0598. The van der Waals surface area contributed by atoms with Gasteiger partial charge in [-0.3, -0.25) is 9.69 Å². The first kappa shape index (κ1) is 28.2. The molecule has 1 aliphatic carbocycles. The summed E-state index contributed by atoms with van der Waals surface area (Å²) in [5.41, 5.74) is 6.13. The van der Waals surface area contributed by atoms with Crippen molar-refractivity contribution in [2.24, 2.45) is 5.41 Å². The highest BCUT2D eigenvalue weighted by atomic mass is 32.1. The van der Waals surface area contributed by atoms with Crippen LogP contribution in [0, 0.1) is 5.41 Å². The Bertz CT molecular complexity index is 1640. The number of aromatic nitrogens is 2. The molecule has 0 bridgehead atoms. The van der Waals surface area contributed by atoms with Gasteiger partial charge in [-0.15, -0.1) is 11.3 Å². The Morgan fingerprint density at radius 2 is 1.98 bits per heavy atom. The van der Waals surface area contributed by atoms with Crippen molar-refractivity contribution in [1.82, 2.24) is 14.9 Å². The van der Waals surface area contributed by atoms with Gasteiger partial charge in [0, 0.05) is 71.9 Å². The number of esters is 1. The Balaban J connectivity index is 1.17. The third-order valence-corrected chi connectivity index (χ3v) is 9.37. The van der Waals surface area contributed by atoms with E-state index in [9.17, 15) is 9.59 Å². The third-order valence-electron chi connectivity index (χ3n) is 8.36. The summed E-state index contributed by atoms with van der Waals surface area (Å²) < 4.78 is 11.2. The SMILES string of the molecule is COC(=O)c1ccc(N2CCN(CC3=C(c4cc(C=O)cs4)CC(C)(C)CC3)CC2)cc1Oc1cnc2[nH]ccc2c1. The van der Waals surface area contributed by atoms with Crippen molar-refractivity contribution in [2.45, 2.75) is 33.1 Å². The molecular formula is C33H36N4O4S. The first-order chi connectivity index (χ1) is 20.3. The molecule has 0 amide bonds. The van der Waals surface area contributed by atoms with Crippen molar-refractivity contribution in [3.63, 3.8) is 0 Å². The summed E-state index contributed by atoms with van der Waals surface area (Å²) in [4.78, 5) is 37.5. The first-order valence-electron chi connectivity index (χ1n) is 14.4. The maximum atomic E-state index is 12.5. The maximum Gasteiger partial charge on any atom is 0.341 e. The summed E-state index contributed by atoms with van der Waals surface area (Å²) in [5, 5.41) is 2.90. The zero-order valence-electron chi connectivity index (χ0n) is 24.3. The lowest BCUT2D eigenvalue weighted by atomic mass is 9.73. The van der Waals surface area contributed by atoms with Crippen LogP contribution in [0.25, 0.3) is 16.6 Å². The van der Waals surface area contributed by atoms with Crippen LogP contribution >= 0.6 is 11.3 Å². The fraction of sp³-hybridized carbons (Fsp3) is 0.364. The molecule has 1 N–H and O–H groups in total. The smallest absolute Gasteiger partial charge is 0.341 e. The Hall–Kier alpha value is -3.95. The molecule has 9 heteroatoms. The van der Waals surface area contributed by atoms with Gasteiger partial charge < -0.3 is 19.4 Å². The number of pyridine rings is 1. The fourth-order valence-corrected chi connectivity index (χ4v) is 6.90. The average Bonchev–Trinajstić information content (AvgIpc) is 3.67. The number of methoxy groups -OCH3 is 1. The number of thiophene rings is 1. The van der Waals surface area contributed by atoms with Gasteiger partial charge in [-0.25, -0.2) is 9.78 Å². The number of H-pyrrole nitrogens is 1. The standard InChI is InChI=1S/C33H36N4O4S/c1-33(2)8-6-24(28(17-33)30-14-22(20-38)21-42-30)19-36-10-12-37(13-11-36)25-4-5-27(32(39)40-3)29(16-25)41-26-15-23-7-9-34-31(23)35-18-26/h4-5,7,9,14-16,18,20-21H,6,8,10-13,17,19H2,1-3H3,(H,34,35). The van der Waals surface area contributed by atoms with Crippen LogP contribution in [0.1, 0.15) is 58.7 Å². The van der Waals surface area contributed by atoms with Gasteiger partial charge in [-0.1, -0.05) is 19.4 Å². The predicted octanol–water partition coefficient (Wildman–Crippen LogP) is 6.80. The van der Waals surface area contributed by atoms with E-state index in [1.807, 2.05) is 35.8 Å². The predicted molar refractivity (Wildman–Crippen MR) is 167 cm³/mol. The van der Waals surface area contributed by atoms with Crippen molar-refractivity contribution in [3.8, 4) is 11.5 Å². The van der Waals surface area contributed by atoms with E-state index in [0.717, 1.165) is 74.1 Å². The van der Waals surface area contributed by atoms with Gasteiger partial charge in [0.1, 0.15) is 22.7 Å². The molecule has 6 rings (SSSR count). The molecule has 4 heterocycles. The van der Waals surface area contributed by atoms with Gasteiger partial charge in [0.05, 0.1) is 13.3 Å². The number of anilines is 1. The second-order valence-electron chi connectivity index (χ2n) is 11.9. The Morgan fingerprint density at radius 1 is 1.14 bits per heavy atom. The first-order valence-corrected chi connectivity index (χ1v) is 15.3. The number of aromatic amines is 1. The summed E-state index contributed by atoms with van der Waals surface area (Å²) in [5.74, 6) is 0.562.